The molecule has 0 aromatic rings. The molecule has 0 aliphatic carbocycles. The third-order valence-corrected chi connectivity index (χ3v) is 0.530. The monoisotopic (exact) mass is 98.1 g/mol. The molecule has 0 atom stereocenters. The highest BCUT2D eigenvalue weighted by Crippen LogP contribution is 1.83. The van der Waals surface area contributed by atoms with Crippen LogP contribution in [0.2, 0.25) is 0 Å². The van der Waals surface area contributed by atoms with Crippen molar-refractivity contribution in [2.75, 3.05) is 0 Å². The van der Waals surface area contributed by atoms with Crippen LogP contribution in [0.4, 0.5) is 0 Å². The fourth-order valence-electron chi connectivity index (χ4n) is 0.235. The summed E-state index contributed by atoms with van der Waals surface area (Å²) in [6, 6.07) is 0. The lowest BCUT2D eigenvalue weighted by atomic mass is 10.4. The zero-order chi connectivity index (χ0) is 5.70. The standard InChI is InChI=1S/C6H10O/c1-3-4-5-6(2)7/h3-5,7H,1-2H3/b4-3-,6-5+. The highest BCUT2D eigenvalue weighted by Gasteiger charge is 1.68. The third kappa shape index (κ3) is 5.28. The van der Waals surface area contributed by atoms with E-state index >= 15 is 0 Å². The van der Waals surface area contributed by atoms with Gasteiger partial charge in [-0.1, -0.05) is 12.2 Å². The molecule has 0 aromatic carbocycles. The van der Waals surface area contributed by atoms with Crippen molar-refractivity contribution in [3.8, 4) is 0 Å². The maximum atomic E-state index is 8.49. The summed E-state index contributed by atoms with van der Waals surface area (Å²) in [7, 11) is 0. The zero-order valence-corrected chi connectivity index (χ0v) is 4.68. The predicted molar refractivity (Wildman–Crippen MR) is 31.2 cm³/mol. The maximum absolute atomic E-state index is 8.49. The second-order valence-electron chi connectivity index (χ2n) is 1.33. The molecule has 0 saturated carbocycles. The average molecular weight is 98.1 g/mol. The maximum Gasteiger partial charge on any atom is 0.0891 e. The van der Waals surface area contributed by atoms with Crippen LogP contribution >= 0.6 is 0 Å². The molecule has 0 heterocycles. The van der Waals surface area contributed by atoms with E-state index in [1.54, 1.807) is 19.1 Å². The molecule has 1 N–H and O–H groups in total. The van der Waals surface area contributed by atoms with Gasteiger partial charge >= 0.3 is 0 Å². The molecule has 0 saturated heterocycles. The Kier molecular flexibility index (Phi) is 3.11. The topological polar surface area (TPSA) is 20.2 Å². The molecule has 0 radical (unpaired) electrons. The molecule has 0 unspecified atom stereocenters. The Morgan fingerprint density at radius 1 is 1.57 bits per heavy atom. The van der Waals surface area contributed by atoms with Crippen molar-refractivity contribution >= 4 is 0 Å². The number of hydrogen-bond donors (Lipinski definition) is 1. The Morgan fingerprint density at radius 3 is 2.29 bits per heavy atom. The van der Waals surface area contributed by atoms with Crippen LogP contribution in [0.25, 0.3) is 0 Å². The van der Waals surface area contributed by atoms with Crippen molar-refractivity contribution < 1.29 is 5.11 Å². The van der Waals surface area contributed by atoms with E-state index in [1.165, 1.54) is 0 Å². The van der Waals surface area contributed by atoms with Crippen LogP contribution in [0, 0.1) is 0 Å². The Bertz CT molecular complexity index is 86.4. The predicted octanol–water partition coefficient (Wildman–Crippen LogP) is 2.02. The van der Waals surface area contributed by atoms with E-state index in [1.807, 2.05) is 13.0 Å². The number of hydrogen-bond acceptors (Lipinski definition) is 1. The van der Waals surface area contributed by atoms with Crippen LogP contribution in [-0.4, -0.2) is 5.11 Å². The lowest BCUT2D eigenvalue weighted by Gasteiger charge is -1.78. The molecule has 0 amide bonds. The van der Waals surface area contributed by atoms with E-state index in [4.69, 9.17) is 5.11 Å². The number of aliphatic hydroxyl groups excluding tert-OH is 1. The highest BCUT2D eigenvalue weighted by molar-refractivity contribution is 5.03. The smallest absolute Gasteiger partial charge is 0.0891 e. The minimum Gasteiger partial charge on any atom is -0.513 e. The normalized spacial score (nSPS) is 13.1. The molecule has 0 fully saturated rings. The van der Waals surface area contributed by atoms with Gasteiger partial charge in [0, 0.05) is 0 Å². The SMILES string of the molecule is C/C=C\C=C(/C)O. The van der Waals surface area contributed by atoms with Gasteiger partial charge in [-0.2, -0.15) is 0 Å². The summed E-state index contributed by atoms with van der Waals surface area (Å²) < 4.78 is 0. The first-order chi connectivity index (χ1) is 3.27. The molecule has 0 spiro atoms. The fourth-order valence-corrected chi connectivity index (χ4v) is 0.235. The minimum absolute atomic E-state index is 0.345. The lowest BCUT2D eigenvalue weighted by molar-refractivity contribution is 0.414. The van der Waals surface area contributed by atoms with Crippen LogP contribution in [-0.2, 0) is 0 Å². The van der Waals surface area contributed by atoms with Gasteiger partial charge in [-0.15, -0.1) is 0 Å². The summed E-state index contributed by atoms with van der Waals surface area (Å²) in [5, 5.41) is 8.49. The van der Waals surface area contributed by atoms with Gasteiger partial charge in [0.2, 0.25) is 0 Å². The van der Waals surface area contributed by atoms with Gasteiger partial charge in [-0.25, -0.2) is 0 Å². The lowest BCUT2D eigenvalue weighted by Crippen LogP contribution is -1.63. The Hall–Kier alpha value is -0.720. The van der Waals surface area contributed by atoms with Crippen molar-refractivity contribution in [2.24, 2.45) is 0 Å². The van der Waals surface area contributed by atoms with Gasteiger partial charge in [-0.3, -0.25) is 0 Å². The van der Waals surface area contributed by atoms with Crippen LogP contribution in [0.1, 0.15) is 13.8 Å². The fraction of sp³-hybridized carbons (Fsp3) is 0.333. The quantitative estimate of drug-likeness (QED) is 0.393. The summed E-state index contributed by atoms with van der Waals surface area (Å²) in [5.74, 6) is 0.345. The first-order valence-electron chi connectivity index (χ1n) is 2.26. The molecule has 0 aliphatic rings. The van der Waals surface area contributed by atoms with Crippen LogP contribution in [0.3, 0.4) is 0 Å². The van der Waals surface area contributed by atoms with E-state index in [0.717, 1.165) is 0 Å². The second kappa shape index (κ2) is 3.47. The van der Waals surface area contributed by atoms with Crippen LogP contribution < -0.4 is 0 Å². The molecule has 7 heavy (non-hydrogen) atoms. The van der Waals surface area contributed by atoms with Crippen molar-refractivity contribution in [2.45, 2.75) is 13.8 Å². The average Bonchev–Trinajstić information content (AvgIpc) is 1.61. The molecule has 0 rings (SSSR count). The molecule has 0 aliphatic heterocycles. The Balaban J connectivity index is 3.46. The summed E-state index contributed by atoms with van der Waals surface area (Å²) in [4.78, 5) is 0. The summed E-state index contributed by atoms with van der Waals surface area (Å²) in [6.07, 6.45) is 5.29. The van der Waals surface area contributed by atoms with Gasteiger partial charge in [0.15, 0.2) is 0 Å². The van der Waals surface area contributed by atoms with Crippen molar-refractivity contribution in [1.82, 2.24) is 0 Å². The van der Waals surface area contributed by atoms with E-state index in [0.29, 0.717) is 5.76 Å². The summed E-state index contributed by atoms with van der Waals surface area (Å²) in [6.45, 7) is 3.54. The second-order valence-corrected chi connectivity index (χ2v) is 1.33. The van der Waals surface area contributed by atoms with E-state index in [2.05, 4.69) is 0 Å². The Morgan fingerprint density at radius 2 is 2.14 bits per heavy atom. The molecule has 0 aromatic heterocycles. The van der Waals surface area contributed by atoms with Gasteiger partial charge in [0.05, 0.1) is 5.76 Å². The van der Waals surface area contributed by atoms with Crippen molar-refractivity contribution in [1.29, 1.82) is 0 Å². The van der Waals surface area contributed by atoms with E-state index in [9.17, 15) is 0 Å². The highest BCUT2D eigenvalue weighted by atomic mass is 16.3. The van der Waals surface area contributed by atoms with Gasteiger partial charge in [-0.05, 0) is 19.9 Å². The number of rotatable bonds is 1. The van der Waals surface area contributed by atoms with Gasteiger partial charge in [0.25, 0.3) is 0 Å². The van der Waals surface area contributed by atoms with Crippen molar-refractivity contribution in [3.05, 3.63) is 24.0 Å². The molecule has 1 nitrogen and oxygen atoms in total. The third-order valence-electron chi connectivity index (χ3n) is 0.530. The van der Waals surface area contributed by atoms with Crippen LogP contribution in [0.5, 0.6) is 0 Å². The largest absolute Gasteiger partial charge is 0.513 e. The summed E-state index contributed by atoms with van der Waals surface area (Å²) in [5.41, 5.74) is 0. The van der Waals surface area contributed by atoms with E-state index < -0.39 is 0 Å². The van der Waals surface area contributed by atoms with Gasteiger partial charge < -0.3 is 5.11 Å². The number of aliphatic hydroxyl groups is 1. The zero-order valence-electron chi connectivity index (χ0n) is 4.68. The molecule has 40 valence electrons. The molecule has 1 heteroatoms. The molecule has 0 bridgehead atoms. The summed E-state index contributed by atoms with van der Waals surface area (Å²) >= 11 is 0. The van der Waals surface area contributed by atoms with Gasteiger partial charge in [0.1, 0.15) is 0 Å². The van der Waals surface area contributed by atoms with Crippen LogP contribution in [0.15, 0.2) is 24.0 Å². The molecular formula is C6H10O. The number of allylic oxidation sites excluding steroid dienone is 4. The first-order valence-corrected chi connectivity index (χ1v) is 2.26. The minimum atomic E-state index is 0.345. The van der Waals surface area contributed by atoms with E-state index in [-0.39, 0.29) is 0 Å². The van der Waals surface area contributed by atoms with Crippen molar-refractivity contribution in [3.63, 3.8) is 0 Å². The first kappa shape index (κ1) is 6.28. The molecular weight excluding hydrogens is 88.1 g/mol. The Labute approximate surface area is 44.0 Å².